The van der Waals surface area contributed by atoms with Gasteiger partial charge in [0.25, 0.3) is 0 Å². The molecule has 1 spiro atoms. The second-order valence-electron chi connectivity index (χ2n) is 7.47. The van der Waals surface area contributed by atoms with E-state index in [9.17, 15) is 4.79 Å². The quantitative estimate of drug-likeness (QED) is 0.921. The van der Waals surface area contributed by atoms with Crippen molar-refractivity contribution in [1.29, 1.82) is 0 Å². The van der Waals surface area contributed by atoms with E-state index in [1.54, 1.807) is 7.11 Å². The van der Waals surface area contributed by atoms with E-state index in [1.165, 1.54) is 22.3 Å². The van der Waals surface area contributed by atoms with Gasteiger partial charge in [0.15, 0.2) is 0 Å². The van der Waals surface area contributed by atoms with Crippen molar-refractivity contribution < 1.29 is 9.53 Å². The summed E-state index contributed by atoms with van der Waals surface area (Å²) in [6.07, 6.45) is 6.48. The molecule has 1 aromatic carbocycles. The Bertz CT molecular complexity index is 600. The molecular weight excluding hydrogens is 286 g/mol. The second-order valence-corrected chi connectivity index (χ2v) is 7.47. The smallest absolute Gasteiger partial charge is 0.228 e. The van der Waals surface area contributed by atoms with Crippen molar-refractivity contribution in [2.75, 3.05) is 7.11 Å². The molecule has 23 heavy (non-hydrogen) atoms. The highest BCUT2D eigenvalue weighted by atomic mass is 16.5. The molecule has 1 amide bonds. The van der Waals surface area contributed by atoms with Gasteiger partial charge in [0.1, 0.15) is 0 Å². The van der Waals surface area contributed by atoms with Crippen LogP contribution in [0.15, 0.2) is 12.1 Å². The first-order chi connectivity index (χ1) is 11.0. The lowest BCUT2D eigenvalue weighted by Crippen LogP contribution is -2.45. The third kappa shape index (κ3) is 3.03. The Balaban J connectivity index is 1.87. The second kappa shape index (κ2) is 6.27. The van der Waals surface area contributed by atoms with Gasteiger partial charge in [0.05, 0.1) is 12.0 Å². The van der Waals surface area contributed by atoms with Crippen molar-refractivity contribution in [3.8, 4) is 0 Å². The molecule has 1 aromatic rings. The number of benzene rings is 1. The molecule has 1 heterocycles. The van der Waals surface area contributed by atoms with Crippen LogP contribution in [0.2, 0.25) is 0 Å². The van der Waals surface area contributed by atoms with Crippen LogP contribution < -0.4 is 5.32 Å². The van der Waals surface area contributed by atoms with Crippen molar-refractivity contribution in [3.05, 3.63) is 34.4 Å². The molecular formula is C20H29NO2. The summed E-state index contributed by atoms with van der Waals surface area (Å²) in [7, 11) is 1.79. The SMILES string of the molecule is CCc1cc(C)cc(C)c1C1CC2(CCC(OC)CC2)NC1=O. The third-order valence-electron chi connectivity index (χ3n) is 5.87. The molecule has 1 unspecified atom stereocenters. The van der Waals surface area contributed by atoms with Gasteiger partial charge >= 0.3 is 0 Å². The van der Waals surface area contributed by atoms with Crippen molar-refractivity contribution in [3.63, 3.8) is 0 Å². The molecule has 0 aromatic heterocycles. The summed E-state index contributed by atoms with van der Waals surface area (Å²) in [6, 6.07) is 4.47. The zero-order valence-corrected chi connectivity index (χ0v) is 14.9. The minimum atomic E-state index is -0.000875. The van der Waals surface area contributed by atoms with Gasteiger partial charge in [-0.05, 0) is 69.1 Å². The largest absolute Gasteiger partial charge is 0.381 e. The van der Waals surface area contributed by atoms with Crippen molar-refractivity contribution >= 4 is 5.91 Å². The molecule has 3 rings (SSSR count). The molecule has 3 nitrogen and oxygen atoms in total. The fourth-order valence-electron chi connectivity index (χ4n) is 4.68. The van der Waals surface area contributed by atoms with Gasteiger partial charge in [0, 0.05) is 12.6 Å². The summed E-state index contributed by atoms with van der Waals surface area (Å²) in [6.45, 7) is 6.48. The number of carbonyl (C=O) groups excluding carboxylic acids is 1. The summed E-state index contributed by atoms with van der Waals surface area (Å²) in [5.74, 6) is 0.243. The van der Waals surface area contributed by atoms with Gasteiger partial charge in [-0.15, -0.1) is 0 Å². The average Bonchev–Trinajstić information content (AvgIpc) is 2.83. The molecule has 2 aliphatic rings. The topological polar surface area (TPSA) is 38.3 Å². The number of hydrogen-bond donors (Lipinski definition) is 1. The Morgan fingerprint density at radius 3 is 2.57 bits per heavy atom. The Hall–Kier alpha value is -1.35. The normalized spacial score (nSPS) is 30.7. The highest BCUT2D eigenvalue weighted by Crippen LogP contribution is 2.44. The molecule has 1 atom stereocenters. The Morgan fingerprint density at radius 2 is 1.96 bits per heavy atom. The van der Waals surface area contributed by atoms with Crippen LogP contribution in [0.5, 0.6) is 0 Å². The van der Waals surface area contributed by atoms with Crippen molar-refractivity contribution in [2.45, 2.75) is 76.9 Å². The van der Waals surface area contributed by atoms with Gasteiger partial charge in [-0.2, -0.15) is 0 Å². The van der Waals surface area contributed by atoms with Gasteiger partial charge < -0.3 is 10.1 Å². The van der Waals surface area contributed by atoms with Gasteiger partial charge in [0.2, 0.25) is 5.91 Å². The van der Waals surface area contributed by atoms with Crippen LogP contribution in [0.25, 0.3) is 0 Å². The average molecular weight is 315 g/mol. The number of rotatable bonds is 3. The first-order valence-electron chi connectivity index (χ1n) is 8.93. The maximum absolute atomic E-state index is 12.8. The zero-order chi connectivity index (χ0) is 16.6. The molecule has 1 saturated carbocycles. The summed E-state index contributed by atoms with van der Waals surface area (Å²) < 4.78 is 5.49. The first kappa shape index (κ1) is 16.5. The molecule has 0 radical (unpaired) electrons. The van der Waals surface area contributed by atoms with Crippen LogP contribution in [0.4, 0.5) is 0 Å². The lowest BCUT2D eigenvalue weighted by Gasteiger charge is -2.36. The minimum Gasteiger partial charge on any atom is -0.381 e. The van der Waals surface area contributed by atoms with E-state index in [0.717, 1.165) is 38.5 Å². The third-order valence-corrected chi connectivity index (χ3v) is 5.87. The molecule has 0 bridgehead atoms. The standard InChI is InChI=1S/C20H29NO2/c1-5-15-11-13(2)10-14(3)18(15)17-12-20(21-19(17)22)8-6-16(23-4)7-9-20/h10-11,16-17H,5-9,12H2,1-4H3,(H,21,22). The molecule has 3 heteroatoms. The Kier molecular flexibility index (Phi) is 4.50. The molecule has 1 saturated heterocycles. The van der Waals surface area contributed by atoms with Crippen LogP contribution >= 0.6 is 0 Å². The first-order valence-corrected chi connectivity index (χ1v) is 8.93. The Morgan fingerprint density at radius 1 is 1.26 bits per heavy atom. The van der Waals surface area contributed by atoms with Crippen molar-refractivity contribution in [1.82, 2.24) is 5.32 Å². The maximum atomic E-state index is 12.8. The molecule has 2 fully saturated rings. The van der Waals surface area contributed by atoms with Crippen LogP contribution in [-0.4, -0.2) is 24.7 Å². The number of hydrogen-bond acceptors (Lipinski definition) is 2. The molecule has 1 N–H and O–H groups in total. The maximum Gasteiger partial charge on any atom is 0.228 e. The number of nitrogens with one attached hydrogen (secondary N) is 1. The van der Waals surface area contributed by atoms with Crippen LogP contribution in [0.1, 0.15) is 67.2 Å². The fourth-order valence-corrected chi connectivity index (χ4v) is 4.68. The van der Waals surface area contributed by atoms with E-state index in [0.29, 0.717) is 6.10 Å². The predicted molar refractivity (Wildman–Crippen MR) is 92.8 cm³/mol. The molecule has 1 aliphatic heterocycles. The van der Waals surface area contributed by atoms with Gasteiger partial charge in [-0.3, -0.25) is 4.79 Å². The van der Waals surface area contributed by atoms with E-state index in [-0.39, 0.29) is 17.4 Å². The van der Waals surface area contributed by atoms with Gasteiger partial charge in [-0.1, -0.05) is 24.6 Å². The Labute approximate surface area is 139 Å². The number of amides is 1. The lowest BCUT2D eigenvalue weighted by molar-refractivity contribution is -0.121. The fraction of sp³-hybridized carbons (Fsp3) is 0.650. The lowest BCUT2D eigenvalue weighted by atomic mass is 9.75. The predicted octanol–water partition coefficient (Wildman–Crippen LogP) is 3.80. The number of carbonyl (C=O) groups is 1. The molecule has 1 aliphatic carbocycles. The van der Waals surface area contributed by atoms with E-state index in [1.807, 2.05) is 0 Å². The summed E-state index contributed by atoms with van der Waals surface area (Å²) in [5, 5.41) is 3.36. The highest BCUT2D eigenvalue weighted by Gasteiger charge is 2.47. The van der Waals surface area contributed by atoms with Gasteiger partial charge in [-0.25, -0.2) is 0 Å². The number of aryl methyl sites for hydroxylation is 3. The van der Waals surface area contributed by atoms with E-state index >= 15 is 0 Å². The number of ether oxygens (including phenoxy) is 1. The van der Waals surface area contributed by atoms with Crippen LogP contribution in [-0.2, 0) is 16.0 Å². The monoisotopic (exact) mass is 315 g/mol. The highest BCUT2D eigenvalue weighted by molar-refractivity contribution is 5.88. The van der Waals surface area contributed by atoms with E-state index in [2.05, 4.69) is 38.2 Å². The van der Waals surface area contributed by atoms with Crippen molar-refractivity contribution in [2.24, 2.45) is 0 Å². The molecule has 126 valence electrons. The minimum absolute atomic E-state index is 0.000875. The van der Waals surface area contributed by atoms with Crippen LogP contribution in [0, 0.1) is 13.8 Å². The number of methoxy groups -OCH3 is 1. The zero-order valence-electron chi connectivity index (χ0n) is 14.9. The summed E-state index contributed by atoms with van der Waals surface area (Å²) in [5.41, 5.74) is 5.17. The summed E-state index contributed by atoms with van der Waals surface area (Å²) >= 11 is 0. The van der Waals surface area contributed by atoms with Crippen LogP contribution in [0.3, 0.4) is 0 Å². The van der Waals surface area contributed by atoms with E-state index in [4.69, 9.17) is 4.74 Å². The van der Waals surface area contributed by atoms with E-state index < -0.39 is 0 Å². The summed E-state index contributed by atoms with van der Waals surface area (Å²) in [4.78, 5) is 12.8.